The van der Waals surface area contributed by atoms with Crippen LogP contribution in [0.2, 0.25) is 0 Å². The van der Waals surface area contributed by atoms with Crippen molar-refractivity contribution in [1.29, 1.82) is 0 Å². The fourth-order valence-electron chi connectivity index (χ4n) is 2.31. The Morgan fingerprint density at radius 2 is 1.91 bits per heavy atom. The lowest BCUT2D eigenvalue weighted by atomic mass is 10.1. The summed E-state index contributed by atoms with van der Waals surface area (Å²) in [6.07, 6.45) is 11.3. The molecule has 0 fully saturated rings. The Morgan fingerprint density at radius 1 is 1.23 bits per heavy atom. The summed E-state index contributed by atoms with van der Waals surface area (Å²) < 4.78 is 4.90. The smallest absolute Gasteiger partial charge is 0.305 e. The zero-order valence-corrected chi connectivity index (χ0v) is 16.1. The minimum Gasteiger partial charge on any atom is -0.466 e. The number of rotatable bonds is 9. The summed E-state index contributed by atoms with van der Waals surface area (Å²) in [5, 5.41) is 6.75. The fraction of sp³-hybridized carbons (Fsp3) is 0.750. The minimum atomic E-state index is -0.0783. The molecule has 0 bridgehead atoms. The van der Waals surface area contributed by atoms with Crippen molar-refractivity contribution >= 4 is 35.9 Å². The molecule has 1 aliphatic carbocycles. The fourth-order valence-corrected chi connectivity index (χ4v) is 2.31. The van der Waals surface area contributed by atoms with Crippen molar-refractivity contribution in [1.82, 2.24) is 10.6 Å². The van der Waals surface area contributed by atoms with E-state index >= 15 is 0 Å². The van der Waals surface area contributed by atoms with E-state index < -0.39 is 0 Å². The number of hydrogen-bond acceptors (Lipinski definition) is 3. The number of hydrogen-bond donors (Lipinski definition) is 2. The molecule has 0 atom stereocenters. The van der Waals surface area contributed by atoms with Crippen LogP contribution in [0.3, 0.4) is 0 Å². The SMILES string of the molecule is CCOC(=O)CCCCCCNC(=NC)NC1CC=CC1.I. The molecule has 22 heavy (non-hydrogen) atoms. The quantitative estimate of drug-likeness (QED) is 0.150. The van der Waals surface area contributed by atoms with E-state index in [1.165, 1.54) is 0 Å². The van der Waals surface area contributed by atoms with Crippen molar-refractivity contribution in [3.63, 3.8) is 0 Å². The van der Waals surface area contributed by atoms with E-state index in [-0.39, 0.29) is 29.9 Å². The molecule has 2 N–H and O–H groups in total. The average molecular weight is 423 g/mol. The van der Waals surface area contributed by atoms with Crippen molar-refractivity contribution < 1.29 is 9.53 Å². The van der Waals surface area contributed by atoms with Crippen LogP contribution in [-0.4, -0.2) is 38.2 Å². The van der Waals surface area contributed by atoms with E-state index in [9.17, 15) is 4.79 Å². The van der Waals surface area contributed by atoms with Crippen LogP contribution in [0.15, 0.2) is 17.1 Å². The first kappa shape index (κ1) is 21.2. The molecule has 1 aliphatic rings. The Kier molecular flexibility index (Phi) is 13.3. The van der Waals surface area contributed by atoms with Crippen LogP contribution in [-0.2, 0) is 9.53 Å². The zero-order chi connectivity index (χ0) is 15.3. The van der Waals surface area contributed by atoms with Crippen LogP contribution >= 0.6 is 24.0 Å². The number of carbonyl (C=O) groups excluding carboxylic acids is 1. The number of esters is 1. The van der Waals surface area contributed by atoms with E-state index in [2.05, 4.69) is 27.8 Å². The molecule has 1 rings (SSSR count). The zero-order valence-electron chi connectivity index (χ0n) is 13.8. The van der Waals surface area contributed by atoms with E-state index in [1.54, 1.807) is 7.05 Å². The maximum absolute atomic E-state index is 11.2. The van der Waals surface area contributed by atoms with Gasteiger partial charge in [0, 0.05) is 26.1 Å². The molecule has 128 valence electrons. The first-order chi connectivity index (χ1) is 10.3. The standard InChI is InChI=1S/C16H29N3O2.HI/c1-3-21-15(20)12-6-4-5-9-13-18-16(17-2)19-14-10-7-8-11-14;/h7-8,14H,3-6,9-13H2,1-2H3,(H2,17,18,19);1H. The van der Waals surface area contributed by atoms with Gasteiger partial charge >= 0.3 is 5.97 Å². The number of nitrogens with one attached hydrogen (secondary N) is 2. The van der Waals surface area contributed by atoms with E-state index in [1.807, 2.05) is 6.92 Å². The normalized spacial score (nSPS) is 14.5. The second-order valence-electron chi connectivity index (χ2n) is 5.25. The van der Waals surface area contributed by atoms with Crippen molar-refractivity contribution in [3.05, 3.63) is 12.2 Å². The second-order valence-corrected chi connectivity index (χ2v) is 5.25. The molecule has 0 radical (unpaired) electrons. The summed E-state index contributed by atoms with van der Waals surface area (Å²) in [6.45, 7) is 3.23. The molecule has 0 saturated heterocycles. The van der Waals surface area contributed by atoms with Gasteiger partial charge in [0.05, 0.1) is 6.61 Å². The number of unbranched alkanes of at least 4 members (excludes halogenated alkanes) is 3. The molecule has 0 amide bonds. The lowest BCUT2D eigenvalue weighted by Gasteiger charge is -2.16. The maximum atomic E-state index is 11.2. The number of carbonyl (C=O) groups is 1. The number of aliphatic imine (C=N–C) groups is 1. The number of halogens is 1. The molecule has 0 aromatic heterocycles. The van der Waals surface area contributed by atoms with Gasteiger partial charge in [0.1, 0.15) is 0 Å². The number of ether oxygens (including phenoxy) is 1. The number of guanidine groups is 1. The van der Waals surface area contributed by atoms with Gasteiger partial charge in [0.15, 0.2) is 5.96 Å². The summed E-state index contributed by atoms with van der Waals surface area (Å²) in [7, 11) is 1.80. The van der Waals surface area contributed by atoms with Gasteiger partial charge in [-0.3, -0.25) is 9.79 Å². The summed E-state index contributed by atoms with van der Waals surface area (Å²) >= 11 is 0. The Bertz CT molecular complexity index is 351. The Morgan fingerprint density at radius 3 is 2.55 bits per heavy atom. The predicted octanol–water partition coefficient (Wildman–Crippen LogP) is 3.00. The minimum absolute atomic E-state index is 0. The van der Waals surface area contributed by atoms with E-state index in [4.69, 9.17) is 4.74 Å². The Labute approximate surface area is 151 Å². The van der Waals surface area contributed by atoms with Crippen molar-refractivity contribution in [3.8, 4) is 0 Å². The van der Waals surface area contributed by atoms with Gasteiger partial charge in [-0.15, -0.1) is 24.0 Å². The Balaban J connectivity index is 0.00000441. The summed E-state index contributed by atoms with van der Waals surface area (Å²) in [5.74, 6) is 0.806. The molecule has 5 nitrogen and oxygen atoms in total. The van der Waals surface area contributed by atoms with Crippen molar-refractivity contribution in [2.45, 2.75) is 57.9 Å². The third kappa shape index (κ3) is 10.0. The monoisotopic (exact) mass is 423 g/mol. The molecule has 0 aliphatic heterocycles. The highest BCUT2D eigenvalue weighted by molar-refractivity contribution is 14.0. The van der Waals surface area contributed by atoms with E-state index in [0.29, 0.717) is 19.1 Å². The molecule has 0 heterocycles. The average Bonchev–Trinajstić information content (AvgIpc) is 2.98. The predicted molar refractivity (Wildman–Crippen MR) is 102 cm³/mol. The highest BCUT2D eigenvalue weighted by atomic mass is 127. The van der Waals surface area contributed by atoms with Gasteiger partial charge in [0.2, 0.25) is 0 Å². The first-order valence-corrected chi connectivity index (χ1v) is 8.04. The van der Waals surface area contributed by atoms with Crippen molar-refractivity contribution in [2.75, 3.05) is 20.2 Å². The van der Waals surface area contributed by atoms with Crippen LogP contribution in [0, 0.1) is 0 Å². The summed E-state index contributed by atoms with van der Waals surface area (Å²) in [4.78, 5) is 15.4. The van der Waals surface area contributed by atoms with Gasteiger partial charge in [-0.05, 0) is 32.6 Å². The van der Waals surface area contributed by atoms with Gasteiger partial charge in [-0.1, -0.05) is 25.0 Å². The van der Waals surface area contributed by atoms with Crippen LogP contribution < -0.4 is 10.6 Å². The largest absolute Gasteiger partial charge is 0.466 e. The molecular formula is C16H30IN3O2. The molecule has 6 heteroatoms. The summed E-state index contributed by atoms with van der Waals surface area (Å²) in [5.41, 5.74) is 0. The lowest BCUT2D eigenvalue weighted by molar-refractivity contribution is -0.143. The highest BCUT2D eigenvalue weighted by Gasteiger charge is 2.10. The van der Waals surface area contributed by atoms with Crippen LogP contribution in [0.1, 0.15) is 51.9 Å². The molecule has 0 unspecified atom stereocenters. The van der Waals surface area contributed by atoms with E-state index in [0.717, 1.165) is 51.0 Å². The molecule has 0 spiro atoms. The van der Waals surface area contributed by atoms with Gasteiger partial charge < -0.3 is 15.4 Å². The van der Waals surface area contributed by atoms with Crippen LogP contribution in [0.4, 0.5) is 0 Å². The first-order valence-electron chi connectivity index (χ1n) is 8.04. The van der Waals surface area contributed by atoms with Crippen LogP contribution in [0.5, 0.6) is 0 Å². The summed E-state index contributed by atoms with van der Waals surface area (Å²) in [6, 6.07) is 0.487. The van der Waals surface area contributed by atoms with Crippen molar-refractivity contribution in [2.24, 2.45) is 4.99 Å². The third-order valence-electron chi connectivity index (χ3n) is 3.48. The third-order valence-corrected chi connectivity index (χ3v) is 3.48. The molecule has 0 aromatic rings. The number of nitrogens with zero attached hydrogens (tertiary/aromatic N) is 1. The maximum Gasteiger partial charge on any atom is 0.305 e. The molecular weight excluding hydrogens is 393 g/mol. The highest BCUT2D eigenvalue weighted by Crippen LogP contribution is 2.08. The van der Waals surface area contributed by atoms with Gasteiger partial charge in [-0.25, -0.2) is 0 Å². The topological polar surface area (TPSA) is 62.7 Å². The van der Waals surface area contributed by atoms with Gasteiger partial charge in [-0.2, -0.15) is 0 Å². The molecule has 0 saturated carbocycles. The second kappa shape index (κ2) is 13.8. The van der Waals surface area contributed by atoms with Crippen LogP contribution in [0.25, 0.3) is 0 Å². The lowest BCUT2D eigenvalue weighted by Crippen LogP contribution is -2.42. The molecule has 0 aromatic carbocycles. The van der Waals surface area contributed by atoms with Gasteiger partial charge in [0.25, 0.3) is 0 Å². The Hall–Kier alpha value is -0.790.